The Morgan fingerprint density at radius 1 is 1.45 bits per heavy atom. The Kier molecular flexibility index (Phi) is 4.53. The molecular formula is C16H25NO3. The lowest BCUT2D eigenvalue weighted by Crippen LogP contribution is -2.45. The Hall–Kier alpha value is -1.29. The predicted octanol–water partition coefficient (Wildman–Crippen LogP) is 3.69. The summed E-state index contributed by atoms with van der Waals surface area (Å²) in [5, 5.41) is 3.65. The molecule has 0 saturated heterocycles. The molecule has 2 atom stereocenters. The van der Waals surface area contributed by atoms with Crippen molar-refractivity contribution in [2.45, 2.75) is 58.5 Å². The van der Waals surface area contributed by atoms with E-state index in [0.29, 0.717) is 11.5 Å². The average Bonchev–Trinajstić information content (AvgIpc) is 2.90. The second-order valence-electron chi connectivity index (χ2n) is 6.37. The van der Waals surface area contributed by atoms with Crippen LogP contribution in [0.25, 0.3) is 0 Å². The van der Waals surface area contributed by atoms with E-state index in [-0.39, 0.29) is 11.8 Å². The van der Waals surface area contributed by atoms with Crippen molar-refractivity contribution in [1.29, 1.82) is 0 Å². The number of hydrogen-bond acceptors (Lipinski definition) is 4. The standard InChI is InChI=1S/C16H25NO3/c1-11(12-8-9-13(20-12)15(18)19-4)17-14-7-5-6-10-16(14,2)3/h8-9,11,14,17H,5-7,10H2,1-4H3. The molecule has 0 radical (unpaired) electrons. The van der Waals surface area contributed by atoms with Gasteiger partial charge in [0.2, 0.25) is 5.76 Å². The van der Waals surface area contributed by atoms with Gasteiger partial charge in [0.15, 0.2) is 0 Å². The summed E-state index contributed by atoms with van der Waals surface area (Å²) in [4.78, 5) is 11.4. The number of carbonyl (C=O) groups excluding carboxylic acids is 1. The number of esters is 1. The summed E-state index contributed by atoms with van der Waals surface area (Å²) in [6, 6.07) is 4.10. The fourth-order valence-electron chi connectivity index (χ4n) is 2.98. The summed E-state index contributed by atoms with van der Waals surface area (Å²) in [7, 11) is 1.36. The molecule has 112 valence electrons. The smallest absolute Gasteiger partial charge is 0.373 e. The highest BCUT2D eigenvalue weighted by Crippen LogP contribution is 2.36. The SMILES string of the molecule is COC(=O)c1ccc(C(C)NC2CCCCC2(C)C)o1. The van der Waals surface area contributed by atoms with Gasteiger partial charge in [0.1, 0.15) is 5.76 Å². The number of methoxy groups -OCH3 is 1. The van der Waals surface area contributed by atoms with Gasteiger partial charge in [0.25, 0.3) is 0 Å². The second kappa shape index (κ2) is 6.00. The second-order valence-corrected chi connectivity index (χ2v) is 6.37. The molecule has 0 amide bonds. The maximum absolute atomic E-state index is 11.4. The highest BCUT2D eigenvalue weighted by Gasteiger charge is 2.33. The van der Waals surface area contributed by atoms with Gasteiger partial charge in [-0.1, -0.05) is 26.7 Å². The summed E-state index contributed by atoms with van der Waals surface area (Å²) < 4.78 is 10.2. The summed E-state index contributed by atoms with van der Waals surface area (Å²) in [5.74, 6) is 0.618. The maximum Gasteiger partial charge on any atom is 0.373 e. The molecule has 1 saturated carbocycles. The quantitative estimate of drug-likeness (QED) is 0.854. The summed E-state index contributed by atoms with van der Waals surface area (Å²) >= 11 is 0. The Morgan fingerprint density at radius 3 is 2.85 bits per heavy atom. The normalized spacial score (nSPS) is 23.3. The fraction of sp³-hybridized carbons (Fsp3) is 0.688. The molecule has 0 aliphatic heterocycles. The van der Waals surface area contributed by atoms with Crippen molar-refractivity contribution in [3.63, 3.8) is 0 Å². The van der Waals surface area contributed by atoms with Gasteiger partial charge in [0.05, 0.1) is 13.2 Å². The molecule has 1 fully saturated rings. The van der Waals surface area contributed by atoms with Crippen LogP contribution in [0.15, 0.2) is 16.5 Å². The van der Waals surface area contributed by atoms with Gasteiger partial charge < -0.3 is 14.5 Å². The van der Waals surface area contributed by atoms with Crippen LogP contribution in [-0.4, -0.2) is 19.1 Å². The number of nitrogens with one attached hydrogen (secondary N) is 1. The van der Waals surface area contributed by atoms with Crippen LogP contribution in [0, 0.1) is 5.41 Å². The molecule has 1 aliphatic carbocycles. The molecule has 1 aliphatic rings. The maximum atomic E-state index is 11.4. The summed E-state index contributed by atoms with van der Waals surface area (Å²) in [6.07, 6.45) is 5.04. The van der Waals surface area contributed by atoms with Crippen molar-refractivity contribution < 1.29 is 13.9 Å². The summed E-state index contributed by atoms with van der Waals surface area (Å²) in [5.41, 5.74) is 0.310. The lowest BCUT2D eigenvalue weighted by Gasteiger charge is -2.40. The van der Waals surface area contributed by atoms with Crippen molar-refractivity contribution in [2.24, 2.45) is 5.41 Å². The van der Waals surface area contributed by atoms with Gasteiger partial charge in [-0.2, -0.15) is 0 Å². The first kappa shape index (κ1) is 15.1. The van der Waals surface area contributed by atoms with E-state index >= 15 is 0 Å². The topological polar surface area (TPSA) is 51.5 Å². The zero-order chi connectivity index (χ0) is 14.8. The van der Waals surface area contributed by atoms with E-state index in [1.165, 1.54) is 32.8 Å². The summed E-state index contributed by atoms with van der Waals surface area (Å²) in [6.45, 7) is 6.71. The molecule has 4 nitrogen and oxygen atoms in total. The average molecular weight is 279 g/mol. The minimum atomic E-state index is -0.429. The van der Waals surface area contributed by atoms with Crippen molar-refractivity contribution >= 4 is 5.97 Å². The molecule has 20 heavy (non-hydrogen) atoms. The van der Waals surface area contributed by atoms with Gasteiger partial charge in [-0.05, 0) is 37.3 Å². The van der Waals surface area contributed by atoms with E-state index in [1.54, 1.807) is 6.07 Å². The van der Waals surface area contributed by atoms with Crippen LogP contribution in [0.3, 0.4) is 0 Å². The Balaban J connectivity index is 2.02. The van der Waals surface area contributed by atoms with Gasteiger partial charge in [-0.25, -0.2) is 4.79 Å². The molecule has 1 N–H and O–H groups in total. The largest absolute Gasteiger partial charge is 0.463 e. The third kappa shape index (κ3) is 3.23. The number of hydrogen-bond donors (Lipinski definition) is 1. The van der Waals surface area contributed by atoms with E-state index < -0.39 is 5.97 Å². The lowest BCUT2D eigenvalue weighted by atomic mass is 9.73. The first-order valence-electron chi connectivity index (χ1n) is 7.38. The zero-order valence-corrected chi connectivity index (χ0v) is 12.9. The molecule has 0 aromatic carbocycles. The minimum Gasteiger partial charge on any atom is -0.463 e. The van der Waals surface area contributed by atoms with Crippen LogP contribution in [0.5, 0.6) is 0 Å². The Bertz CT molecular complexity index is 464. The molecule has 1 aromatic rings. The van der Waals surface area contributed by atoms with Crippen LogP contribution < -0.4 is 5.32 Å². The monoisotopic (exact) mass is 279 g/mol. The zero-order valence-electron chi connectivity index (χ0n) is 12.9. The van der Waals surface area contributed by atoms with E-state index in [4.69, 9.17) is 4.42 Å². The van der Waals surface area contributed by atoms with Crippen LogP contribution >= 0.6 is 0 Å². The van der Waals surface area contributed by atoms with E-state index in [9.17, 15) is 4.79 Å². The Morgan fingerprint density at radius 2 is 2.20 bits per heavy atom. The van der Waals surface area contributed by atoms with Gasteiger partial charge in [-0.15, -0.1) is 0 Å². The highest BCUT2D eigenvalue weighted by molar-refractivity contribution is 5.86. The number of ether oxygens (including phenoxy) is 1. The molecule has 4 heteroatoms. The van der Waals surface area contributed by atoms with Crippen LogP contribution in [0.2, 0.25) is 0 Å². The first-order chi connectivity index (χ1) is 9.44. The van der Waals surface area contributed by atoms with Crippen LogP contribution in [0.1, 0.15) is 68.8 Å². The van der Waals surface area contributed by atoms with Gasteiger partial charge >= 0.3 is 5.97 Å². The molecule has 2 unspecified atom stereocenters. The third-order valence-corrected chi connectivity index (χ3v) is 4.40. The van der Waals surface area contributed by atoms with Crippen molar-refractivity contribution in [2.75, 3.05) is 7.11 Å². The van der Waals surface area contributed by atoms with E-state index in [0.717, 1.165) is 5.76 Å². The number of carbonyl (C=O) groups is 1. The molecule has 1 heterocycles. The molecular weight excluding hydrogens is 254 g/mol. The fourth-order valence-corrected chi connectivity index (χ4v) is 2.98. The van der Waals surface area contributed by atoms with Crippen molar-refractivity contribution in [3.05, 3.63) is 23.7 Å². The van der Waals surface area contributed by atoms with Crippen LogP contribution in [0.4, 0.5) is 0 Å². The number of rotatable bonds is 4. The minimum absolute atomic E-state index is 0.0933. The number of furan rings is 1. The van der Waals surface area contributed by atoms with Crippen molar-refractivity contribution in [3.8, 4) is 0 Å². The Labute approximate surface area is 120 Å². The van der Waals surface area contributed by atoms with Crippen molar-refractivity contribution in [1.82, 2.24) is 5.32 Å². The highest BCUT2D eigenvalue weighted by atomic mass is 16.5. The van der Waals surface area contributed by atoms with E-state index in [1.807, 2.05) is 6.07 Å². The molecule has 0 spiro atoms. The van der Waals surface area contributed by atoms with Gasteiger partial charge in [0, 0.05) is 6.04 Å². The molecule has 1 aromatic heterocycles. The van der Waals surface area contributed by atoms with E-state index in [2.05, 4.69) is 30.8 Å². The first-order valence-corrected chi connectivity index (χ1v) is 7.38. The predicted molar refractivity (Wildman–Crippen MR) is 77.6 cm³/mol. The van der Waals surface area contributed by atoms with Gasteiger partial charge in [-0.3, -0.25) is 0 Å². The molecule has 2 rings (SSSR count). The molecule has 0 bridgehead atoms. The third-order valence-electron chi connectivity index (χ3n) is 4.40. The van der Waals surface area contributed by atoms with Crippen LogP contribution in [-0.2, 0) is 4.74 Å². The lowest BCUT2D eigenvalue weighted by molar-refractivity contribution is 0.0561.